The van der Waals surface area contributed by atoms with E-state index in [-0.39, 0.29) is 6.54 Å². The monoisotopic (exact) mass is 386 g/mol. The largest absolute Gasteiger partial charge is 0.494 e. The molecule has 1 heterocycles. The van der Waals surface area contributed by atoms with Crippen LogP contribution in [0, 0.1) is 12.7 Å². The van der Waals surface area contributed by atoms with Gasteiger partial charge in [0.05, 0.1) is 13.2 Å². The van der Waals surface area contributed by atoms with Gasteiger partial charge in [0.15, 0.2) is 5.82 Å². The third-order valence-corrected chi connectivity index (χ3v) is 3.98. The predicted molar refractivity (Wildman–Crippen MR) is 98.8 cm³/mol. The summed E-state index contributed by atoms with van der Waals surface area (Å²) in [5.74, 6) is 0.630. The molecule has 0 aliphatic heterocycles. The number of halogens is 1. The lowest BCUT2D eigenvalue weighted by atomic mass is 10.1. The van der Waals surface area contributed by atoms with E-state index in [1.807, 2.05) is 0 Å². The molecule has 3 aromatic rings. The number of aliphatic hydroxyl groups is 1. The van der Waals surface area contributed by atoms with Crippen molar-refractivity contribution >= 4 is 11.7 Å². The molecule has 0 saturated heterocycles. The highest BCUT2D eigenvalue weighted by molar-refractivity contribution is 5.89. The number of rotatable bonds is 6. The van der Waals surface area contributed by atoms with Crippen LogP contribution in [0.15, 0.2) is 42.5 Å². The van der Waals surface area contributed by atoms with Crippen LogP contribution in [0.2, 0.25) is 0 Å². The maximum atomic E-state index is 13.2. The fourth-order valence-corrected chi connectivity index (χ4v) is 2.58. The van der Waals surface area contributed by atoms with Gasteiger partial charge in [-0.25, -0.2) is 9.18 Å². The number of aryl methyl sites for hydroxylation is 1. The van der Waals surface area contributed by atoms with Crippen molar-refractivity contribution < 1.29 is 19.0 Å². The maximum Gasteiger partial charge on any atom is 0.319 e. The van der Waals surface area contributed by atoms with Gasteiger partial charge in [0.1, 0.15) is 17.3 Å². The van der Waals surface area contributed by atoms with E-state index < -0.39 is 18.0 Å². The fourth-order valence-electron chi connectivity index (χ4n) is 2.58. The van der Waals surface area contributed by atoms with Crippen LogP contribution in [0.1, 0.15) is 17.5 Å². The van der Waals surface area contributed by atoms with E-state index in [4.69, 9.17) is 4.74 Å². The third kappa shape index (κ3) is 4.41. The van der Waals surface area contributed by atoms with Gasteiger partial charge in [-0.2, -0.15) is 4.68 Å². The molecule has 1 atom stereocenters. The van der Waals surface area contributed by atoms with Crippen LogP contribution in [0.25, 0.3) is 5.69 Å². The number of benzene rings is 2. The van der Waals surface area contributed by atoms with E-state index in [0.717, 1.165) is 0 Å². The molecule has 28 heavy (non-hydrogen) atoms. The number of urea groups is 1. The number of nitrogens with zero attached hydrogens (tertiary/aromatic N) is 4. The summed E-state index contributed by atoms with van der Waals surface area (Å²) < 4.78 is 20.0. The Labute approximate surface area is 160 Å². The molecule has 1 unspecified atom stereocenters. The van der Waals surface area contributed by atoms with Crippen LogP contribution in [0.3, 0.4) is 0 Å². The molecule has 0 fully saturated rings. The Kier molecular flexibility index (Phi) is 5.80. The number of nitrogens with one attached hydrogen (secondary N) is 2. The minimum absolute atomic E-state index is 0.0790. The van der Waals surface area contributed by atoms with Crippen molar-refractivity contribution in [1.82, 2.24) is 25.5 Å². The van der Waals surface area contributed by atoms with E-state index in [9.17, 15) is 14.3 Å². The minimum atomic E-state index is -1.03. The van der Waals surface area contributed by atoms with Crippen LogP contribution >= 0.6 is 0 Å². The minimum Gasteiger partial charge on any atom is -0.494 e. The molecule has 3 N–H and O–H groups in total. The van der Waals surface area contributed by atoms with Crippen molar-refractivity contribution in [3.63, 3.8) is 0 Å². The maximum absolute atomic E-state index is 13.2. The summed E-state index contributed by atoms with van der Waals surface area (Å²) in [7, 11) is 1.52. The van der Waals surface area contributed by atoms with E-state index in [2.05, 4.69) is 26.2 Å². The number of ether oxygens (including phenoxy) is 1. The summed E-state index contributed by atoms with van der Waals surface area (Å²) in [5, 5.41) is 26.6. The summed E-state index contributed by atoms with van der Waals surface area (Å²) >= 11 is 0. The molecule has 0 spiro atoms. The molecule has 1 aromatic heterocycles. The molecule has 0 aliphatic carbocycles. The van der Waals surface area contributed by atoms with Crippen molar-refractivity contribution in [2.45, 2.75) is 13.0 Å². The summed E-state index contributed by atoms with van der Waals surface area (Å²) in [6, 6.07) is 10.0. The number of aliphatic hydroxyl groups excluding tert-OH is 1. The second-order valence-electron chi connectivity index (χ2n) is 5.93. The first-order chi connectivity index (χ1) is 13.5. The second-order valence-corrected chi connectivity index (χ2v) is 5.93. The predicted octanol–water partition coefficient (Wildman–Crippen LogP) is 1.97. The molecule has 146 valence electrons. The Balaban J connectivity index is 1.66. The lowest BCUT2D eigenvalue weighted by molar-refractivity contribution is 0.174. The van der Waals surface area contributed by atoms with Crippen molar-refractivity contribution in [2.24, 2.45) is 0 Å². The molecule has 0 aliphatic rings. The van der Waals surface area contributed by atoms with Crippen molar-refractivity contribution in [1.29, 1.82) is 0 Å². The summed E-state index contributed by atoms with van der Waals surface area (Å²) in [4.78, 5) is 12.1. The van der Waals surface area contributed by atoms with Crippen molar-refractivity contribution in [3.05, 3.63) is 59.7 Å². The Morgan fingerprint density at radius 3 is 2.82 bits per heavy atom. The number of methoxy groups -OCH3 is 1. The van der Waals surface area contributed by atoms with Gasteiger partial charge in [-0.1, -0.05) is 12.1 Å². The van der Waals surface area contributed by atoms with Gasteiger partial charge >= 0.3 is 6.03 Å². The molecular formula is C18H19FN6O3. The van der Waals surface area contributed by atoms with E-state index in [1.165, 1.54) is 30.0 Å². The van der Waals surface area contributed by atoms with Crippen LogP contribution in [-0.2, 0) is 0 Å². The number of aromatic nitrogens is 4. The Bertz CT molecular complexity index is 977. The first-order valence-electron chi connectivity index (χ1n) is 8.39. The Morgan fingerprint density at radius 2 is 2.14 bits per heavy atom. The molecule has 10 heteroatoms. The number of hydrogen-bond donors (Lipinski definition) is 3. The van der Waals surface area contributed by atoms with Gasteiger partial charge in [0, 0.05) is 12.2 Å². The van der Waals surface area contributed by atoms with Crippen LogP contribution in [0.4, 0.5) is 14.9 Å². The van der Waals surface area contributed by atoms with Crippen LogP contribution in [0.5, 0.6) is 5.75 Å². The quantitative estimate of drug-likeness (QED) is 0.597. The first-order valence-corrected chi connectivity index (χ1v) is 8.39. The third-order valence-electron chi connectivity index (χ3n) is 3.98. The van der Waals surface area contributed by atoms with Gasteiger partial charge in [-0.05, 0) is 53.2 Å². The Hall–Kier alpha value is -3.53. The number of carbonyl (C=O) groups excluding carboxylic acids is 1. The zero-order chi connectivity index (χ0) is 20.1. The summed E-state index contributed by atoms with van der Waals surface area (Å²) in [5.41, 5.74) is 1.41. The van der Waals surface area contributed by atoms with E-state index >= 15 is 0 Å². The molecule has 2 aromatic carbocycles. The molecule has 3 rings (SSSR count). The van der Waals surface area contributed by atoms with Crippen LogP contribution < -0.4 is 15.4 Å². The zero-order valence-corrected chi connectivity index (χ0v) is 15.3. The topological polar surface area (TPSA) is 114 Å². The molecule has 0 saturated carbocycles. The van der Waals surface area contributed by atoms with E-state index in [1.54, 1.807) is 31.2 Å². The Morgan fingerprint density at radius 1 is 1.32 bits per heavy atom. The SMILES string of the molecule is COc1ccc(NC(=O)NCC(O)c2cccc(F)c2)cc1-n1nnnc1C. The molecule has 2 amide bonds. The second kappa shape index (κ2) is 8.44. The molecule has 0 radical (unpaired) electrons. The lowest BCUT2D eigenvalue weighted by Crippen LogP contribution is -2.32. The van der Waals surface area contributed by atoms with Gasteiger partial charge in [-0.3, -0.25) is 0 Å². The lowest BCUT2D eigenvalue weighted by Gasteiger charge is -2.14. The highest BCUT2D eigenvalue weighted by atomic mass is 19.1. The molecule has 0 bridgehead atoms. The summed E-state index contributed by atoms with van der Waals surface area (Å²) in [6.45, 7) is 1.66. The number of anilines is 1. The molecule has 9 nitrogen and oxygen atoms in total. The van der Waals surface area contributed by atoms with Crippen molar-refractivity contribution in [3.8, 4) is 11.4 Å². The average Bonchev–Trinajstić information content (AvgIpc) is 3.11. The highest BCUT2D eigenvalue weighted by Crippen LogP contribution is 2.26. The van der Waals surface area contributed by atoms with Gasteiger partial charge < -0.3 is 20.5 Å². The summed E-state index contributed by atoms with van der Waals surface area (Å²) in [6.07, 6.45) is -1.03. The van der Waals surface area contributed by atoms with Crippen molar-refractivity contribution in [2.75, 3.05) is 19.0 Å². The average molecular weight is 386 g/mol. The smallest absolute Gasteiger partial charge is 0.319 e. The number of amides is 2. The van der Waals surface area contributed by atoms with Gasteiger partial charge in [0.25, 0.3) is 0 Å². The fraction of sp³-hybridized carbons (Fsp3) is 0.222. The highest BCUT2D eigenvalue weighted by Gasteiger charge is 2.14. The van der Waals surface area contributed by atoms with E-state index in [0.29, 0.717) is 28.5 Å². The first kappa shape index (κ1) is 19.2. The normalized spacial score (nSPS) is 11.7. The van der Waals surface area contributed by atoms with Gasteiger partial charge in [0.2, 0.25) is 0 Å². The number of tetrazole rings is 1. The zero-order valence-electron chi connectivity index (χ0n) is 15.3. The number of carbonyl (C=O) groups is 1. The number of hydrogen-bond acceptors (Lipinski definition) is 6. The van der Waals surface area contributed by atoms with Crippen LogP contribution in [-0.4, -0.2) is 45.0 Å². The van der Waals surface area contributed by atoms with Gasteiger partial charge in [-0.15, -0.1) is 5.10 Å². The molecular weight excluding hydrogens is 367 g/mol. The standard InChI is InChI=1S/C18H19FN6O3/c1-11-22-23-24-25(11)15-9-14(6-7-17(15)28-2)21-18(27)20-10-16(26)12-4-3-5-13(19)8-12/h3-9,16,26H,10H2,1-2H3,(H2,20,21,27).